The number of esters is 1. The van der Waals surface area contributed by atoms with Crippen molar-refractivity contribution in [3.63, 3.8) is 0 Å². The highest BCUT2D eigenvalue weighted by Crippen LogP contribution is 2.53. The van der Waals surface area contributed by atoms with Gasteiger partial charge in [0.2, 0.25) is 0 Å². The molecule has 0 bridgehead atoms. The molecule has 13 heavy (non-hydrogen) atoms. The minimum absolute atomic E-state index is 0.407. The normalized spacial score (nSPS) is 40.7. The van der Waals surface area contributed by atoms with E-state index in [4.69, 9.17) is 0 Å². The third kappa shape index (κ3) is 1.22. The number of methoxy groups -OCH3 is 1. The number of hydrogen-bond acceptors (Lipinski definition) is 3. The van der Waals surface area contributed by atoms with E-state index in [1.807, 2.05) is 0 Å². The number of ether oxygens (including phenoxy) is 1. The molecule has 3 nitrogen and oxygen atoms in total. The number of hydrogen-bond donors (Lipinski definition) is 1. The molecule has 0 unspecified atom stereocenters. The van der Waals surface area contributed by atoms with E-state index in [1.54, 1.807) is 0 Å². The van der Waals surface area contributed by atoms with Crippen LogP contribution in [0.4, 0.5) is 8.78 Å². The summed E-state index contributed by atoms with van der Waals surface area (Å²) in [6, 6.07) is -1.34. The van der Waals surface area contributed by atoms with Crippen LogP contribution >= 0.6 is 0 Å². The summed E-state index contributed by atoms with van der Waals surface area (Å²) in [5.74, 6) is -3.61. The van der Waals surface area contributed by atoms with Crippen molar-refractivity contribution in [2.45, 2.75) is 30.8 Å². The van der Waals surface area contributed by atoms with Crippen molar-refractivity contribution in [3.8, 4) is 0 Å². The van der Waals surface area contributed by atoms with Gasteiger partial charge in [-0.15, -0.1) is 0 Å². The highest BCUT2D eigenvalue weighted by Gasteiger charge is 2.70. The van der Waals surface area contributed by atoms with Gasteiger partial charge in [-0.3, -0.25) is 10.1 Å². The summed E-state index contributed by atoms with van der Waals surface area (Å²) in [6.45, 7) is 0. The lowest BCUT2D eigenvalue weighted by atomic mass is 10.1. The predicted molar refractivity (Wildman–Crippen MR) is 40.4 cm³/mol. The third-order valence-electron chi connectivity index (χ3n) is 2.84. The highest BCUT2D eigenvalue weighted by atomic mass is 19.3. The minimum atomic E-state index is -2.61. The van der Waals surface area contributed by atoms with Gasteiger partial charge in [0.25, 0.3) is 5.92 Å². The van der Waals surface area contributed by atoms with E-state index in [0.717, 1.165) is 0 Å². The maximum absolute atomic E-state index is 12.8. The molecule has 0 aromatic rings. The van der Waals surface area contributed by atoms with Gasteiger partial charge in [0.1, 0.15) is 6.04 Å². The Labute approximate surface area is 74.4 Å². The van der Waals surface area contributed by atoms with Crippen molar-refractivity contribution in [1.82, 2.24) is 5.32 Å². The zero-order valence-electron chi connectivity index (χ0n) is 7.22. The number of carbonyl (C=O) groups excluding carboxylic acids is 1. The number of alkyl halides is 2. The summed E-state index contributed by atoms with van der Waals surface area (Å²) < 4.78 is 30.1. The van der Waals surface area contributed by atoms with Crippen LogP contribution in [0.15, 0.2) is 0 Å². The van der Waals surface area contributed by atoms with E-state index in [-0.39, 0.29) is 0 Å². The Morgan fingerprint density at radius 3 is 2.77 bits per heavy atom. The first-order valence-corrected chi connectivity index (χ1v) is 4.29. The number of rotatable bonds is 1. The van der Waals surface area contributed by atoms with Gasteiger partial charge in [0.05, 0.1) is 13.2 Å². The van der Waals surface area contributed by atoms with Crippen molar-refractivity contribution in [3.05, 3.63) is 0 Å². The van der Waals surface area contributed by atoms with Crippen molar-refractivity contribution >= 4 is 5.97 Å². The zero-order valence-corrected chi connectivity index (χ0v) is 7.22. The Hall–Kier alpha value is -0.710. The van der Waals surface area contributed by atoms with E-state index in [1.165, 1.54) is 7.11 Å². The van der Waals surface area contributed by atoms with Gasteiger partial charge in [0, 0.05) is 5.92 Å². The molecule has 2 fully saturated rings. The lowest BCUT2D eigenvalue weighted by Crippen LogP contribution is -2.43. The molecule has 1 saturated heterocycles. The molecule has 0 spiro atoms. The fraction of sp³-hybridized carbons (Fsp3) is 0.875. The van der Waals surface area contributed by atoms with Crippen LogP contribution in [0.1, 0.15) is 12.8 Å². The van der Waals surface area contributed by atoms with E-state index >= 15 is 0 Å². The lowest BCUT2D eigenvalue weighted by Gasteiger charge is -2.18. The summed E-state index contributed by atoms with van der Waals surface area (Å²) in [6.07, 6.45) is 0.855. The van der Waals surface area contributed by atoms with Crippen LogP contribution in [0.2, 0.25) is 0 Å². The van der Waals surface area contributed by atoms with Crippen molar-refractivity contribution in [1.29, 1.82) is 0 Å². The molecule has 0 radical (unpaired) electrons. The van der Waals surface area contributed by atoms with Crippen LogP contribution in [0.5, 0.6) is 0 Å². The number of nitrogens with one attached hydrogen (secondary N) is 1. The number of halogens is 2. The van der Waals surface area contributed by atoms with E-state index in [2.05, 4.69) is 10.1 Å². The Morgan fingerprint density at radius 1 is 1.54 bits per heavy atom. The van der Waals surface area contributed by atoms with Crippen LogP contribution in [0.25, 0.3) is 0 Å². The average Bonchev–Trinajstić information content (AvgIpc) is 2.68. The molecule has 0 amide bonds. The standard InChI is InChI=1S/C8H11F2NO2/c1-13-7(12)5-3-2-4-6(11-5)8(4,9)10/h4-6,11H,2-3H2,1H3/t4-,5-,6+/m1/s1. The molecule has 1 aliphatic heterocycles. The van der Waals surface area contributed by atoms with Crippen LogP contribution < -0.4 is 5.32 Å². The van der Waals surface area contributed by atoms with Crippen LogP contribution in [0.3, 0.4) is 0 Å². The Bertz CT molecular complexity index is 244. The molecule has 3 atom stereocenters. The molecular weight excluding hydrogens is 180 g/mol. The maximum Gasteiger partial charge on any atom is 0.322 e. The summed E-state index contributed by atoms with van der Waals surface area (Å²) in [5, 5.41) is 2.61. The first-order chi connectivity index (χ1) is 6.07. The van der Waals surface area contributed by atoms with Gasteiger partial charge in [0.15, 0.2) is 0 Å². The summed E-state index contributed by atoms with van der Waals surface area (Å²) in [5.41, 5.74) is 0. The first-order valence-electron chi connectivity index (χ1n) is 4.29. The summed E-state index contributed by atoms with van der Waals surface area (Å²) in [4.78, 5) is 11.0. The Balaban J connectivity index is 1.97. The Morgan fingerprint density at radius 2 is 2.23 bits per heavy atom. The monoisotopic (exact) mass is 191 g/mol. The second-order valence-corrected chi connectivity index (χ2v) is 3.58. The molecule has 1 heterocycles. The van der Waals surface area contributed by atoms with E-state index in [0.29, 0.717) is 12.8 Å². The molecule has 0 aromatic heterocycles. The van der Waals surface area contributed by atoms with Gasteiger partial charge in [-0.2, -0.15) is 0 Å². The van der Waals surface area contributed by atoms with Gasteiger partial charge in [-0.1, -0.05) is 0 Å². The summed E-state index contributed by atoms with van der Waals surface area (Å²) in [7, 11) is 1.27. The molecular formula is C8H11F2NO2. The molecule has 5 heteroatoms. The fourth-order valence-corrected chi connectivity index (χ4v) is 1.95. The maximum atomic E-state index is 12.8. The molecule has 2 rings (SSSR count). The van der Waals surface area contributed by atoms with Crippen molar-refractivity contribution in [2.75, 3.05) is 7.11 Å². The summed E-state index contributed by atoms with van der Waals surface area (Å²) >= 11 is 0. The molecule has 0 aromatic carbocycles. The van der Waals surface area contributed by atoms with Gasteiger partial charge in [-0.05, 0) is 12.8 Å². The van der Waals surface area contributed by atoms with E-state index in [9.17, 15) is 13.6 Å². The largest absolute Gasteiger partial charge is 0.468 e. The van der Waals surface area contributed by atoms with Crippen molar-refractivity contribution < 1.29 is 18.3 Å². The zero-order chi connectivity index (χ0) is 9.64. The topological polar surface area (TPSA) is 38.3 Å². The van der Waals surface area contributed by atoms with Crippen LogP contribution in [-0.2, 0) is 9.53 Å². The Kier molecular flexibility index (Phi) is 1.80. The van der Waals surface area contributed by atoms with Gasteiger partial charge < -0.3 is 4.74 Å². The molecule has 1 aliphatic carbocycles. The van der Waals surface area contributed by atoms with Crippen LogP contribution in [0, 0.1) is 5.92 Å². The molecule has 1 N–H and O–H groups in total. The second kappa shape index (κ2) is 2.64. The number of fused-ring (bicyclic) bond motifs is 1. The van der Waals surface area contributed by atoms with Gasteiger partial charge in [-0.25, -0.2) is 8.78 Å². The number of piperidine rings is 1. The van der Waals surface area contributed by atoms with E-state index < -0.39 is 29.9 Å². The molecule has 74 valence electrons. The SMILES string of the molecule is COC(=O)[C@H]1CC[C@@H]2[C@H](N1)C2(F)F. The number of carbonyl (C=O) groups is 1. The smallest absolute Gasteiger partial charge is 0.322 e. The average molecular weight is 191 g/mol. The minimum Gasteiger partial charge on any atom is -0.468 e. The fourth-order valence-electron chi connectivity index (χ4n) is 1.95. The third-order valence-corrected chi connectivity index (χ3v) is 2.84. The second-order valence-electron chi connectivity index (χ2n) is 3.58. The van der Waals surface area contributed by atoms with Gasteiger partial charge >= 0.3 is 5.97 Å². The molecule has 2 aliphatic rings. The lowest BCUT2D eigenvalue weighted by molar-refractivity contribution is -0.143. The van der Waals surface area contributed by atoms with Crippen LogP contribution in [-0.4, -0.2) is 31.1 Å². The quantitative estimate of drug-likeness (QED) is 0.615. The highest BCUT2D eigenvalue weighted by molar-refractivity contribution is 5.76. The molecule has 1 saturated carbocycles. The van der Waals surface area contributed by atoms with Crippen molar-refractivity contribution in [2.24, 2.45) is 5.92 Å². The predicted octanol–water partition coefficient (Wildman–Crippen LogP) is 0.545. The first kappa shape index (κ1) is 8.87.